The number of hydrogen-bond donors (Lipinski definition) is 2. The van der Waals surface area contributed by atoms with Gasteiger partial charge in [-0.25, -0.2) is 9.97 Å². The van der Waals surface area contributed by atoms with Gasteiger partial charge >= 0.3 is 0 Å². The molecule has 2 heterocycles. The Morgan fingerprint density at radius 1 is 1.33 bits per heavy atom. The summed E-state index contributed by atoms with van der Waals surface area (Å²) in [4.78, 5) is 19.0. The lowest BCUT2D eigenvalue weighted by Crippen LogP contribution is -2.51. The molecule has 0 aliphatic carbocycles. The van der Waals surface area contributed by atoms with E-state index in [1.807, 2.05) is 0 Å². The second-order valence-corrected chi connectivity index (χ2v) is 5.14. The van der Waals surface area contributed by atoms with Gasteiger partial charge in [0.05, 0.1) is 5.56 Å². The molecule has 2 rings (SSSR count). The maximum absolute atomic E-state index is 10.6. The lowest BCUT2D eigenvalue weighted by molar-refractivity contribution is 0.112. The Morgan fingerprint density at radius 2 is 1.94 bits per heavy atom. The van der Waals surface area contributed by atoms with Crippen molar-refractivity contribution in [1.29, 1.82) is 0 Å². The zero-order chi connectivity index (χ0) is 13.0. The first-order valence-electron chi connectivity index (χ1n) is 6.42. The lowest BCUT2D eigenvalue weighted by atomic mass is 9.78. The molecule has 0 saturated carbocycles. The van der Waals surface area contributed by atoms with Crippen molar-refractivity contribution in [2.75, 3.05) is 18.4 Å². The number of nitrogens with one attached hydrogen (secondary N) is 2. The molecule has 0 radical (unpaired) electrons. The van der Waals surface area contributed by atoms with Gasteiger partial charge in [0.15, 0.2) is 6.29 Å². The summed E-state index contributed by atoms with van der Waals surface area (Å²) in [7, 11) is 0. The first-order chi connectivity index (χ1) is 8.66. The summed E-state index contributed by atoms with van der Waals surface area (Å²) in [5.41, 5.74) is 0.554. The number of anilines is 1. The van der Waals surface area contributed by atoms with Crippen LogP contribution in [0.5, 0.6) is 0 Å². The van der Waals surface area contributed by atoms with E-state index in [0.717, 1.165) is 32.2 Å². The van der Waals surface area contributed by atoms with Crippen LogP contribution in [-0.2, 0) is 0 Å². The Labute approximate surface area is 107 Å². The Kier molecular flexibility index (Phi) is 3.91. The van der Waals surface area contributed by atoms with E-state index in [9.17, 15) is 4.79 Å². The van der Waals surface area contributed by atoms with Crippen LogP contribution in [0.4, 0.5) is 5.95 Å². The van der Waals surface area contributed by atoms with Crippen LogP contribution in [0.15, 0.2) is 12.4 Å². The molecule has 1 aromatic rings. The number of aldehydes is 1. The van der Waals surface area contributed by atoms with Gasteiger partial charge < -0.3 is 10.6 Å². The molecule has 0 atom stereocenters. The monoisotopic (exact) mass is 248 g/mol. The third-order valence-corrected chi connectivity index (χ3v) is 3.77. The first-order valence-corrected chi connectivity index (χ1v) is 6.42. The topological polar surface area (TPSA) is 66.9 Å². The van der Waals surface area contributed by atoms with Gasteiger partial charge in [-0.2, -0.15) is 0 Å². The minimum atomic E-state index is 0.0495. The number of piperidine rings is 1. The fourth-order valence-corrected chi connectivity index (χ4v) is 2.41. The third-order valence-electron chi connectivity index (χ3n) is 3.77. The van der Waals surface area contributed by atoms with Crippen LogP contribution in [0, 0.1) is 5.92 Å². The van der Waals surface area contributed by atoms with E-state index in [1.165, 1.54) is 0 Å². The summed E-state index contributed by atoms with van der Waals surface area (Å²) >= 11 is 0. The molecule has 0 spiro atoms. The second kappa shape index (κ2) is 5.44. The molecule has 1 fully saturated rings. The Bertz CT molecular complexity index is 396. The number of rotatable bonds is 4. The molecule has 0 unspecified atom stereocenters. The van der Waals surface area contributed by atoms with E-state index in [-0.39, 0.29) is 5.54 Å². The van der Waals surface area contributed by atoms with Gasteiger partial charge in [-0.3, -0.25) is 4.79 Å². The minimum Gasteiger partial charge on any atom is -0.348 e. The van der Waals surface area contributed by atoms with Crippen LogP contribution in [0.25, 0.3) is 0 Å². The molecule has 18 heavy (non-hydrogen) atoms. The van der Waals surface area contributed by atoms with Crippen molar-refractivity contribution >= 4 is 12.2 Å². The second-order valence-electron chi connectivity index (χ2n) is 5.14. The highest BCUT2D eigenvalue weighted by molar-refractivity contribution is 5.73. The largest absolute Gasteiger partial charge is 0.348 e. The van der Waals surface area contributed by atoms with Crippen LogP contribution in [-0.4, -0.2) is 34.9 Å². The molecule has 1 aliphatic heterocycles. The molecule has 1 saturated heterocycles. The van der Waals surface area contributed by atoms with Gasteiger partial charge in [0.2, 0.25) is 5.95 Å². The summed E-state index contributed by atoms with van der Waals surface area (Å²) in [5.74, 6) is 1.12. The van der Waals surface area contributed by atoms with Crippen molar-refractivity contribution in [3.8, 4) is 0 Å². The predicted molar refractivity (Wildman–Crippen MR) is 70.7 cm³/mol. The average Bonchev–Trinajstić information content (AvgIpc) is 2.40. The molecule has 1 aromatic heterocycles. The standard InChI is InChI=1S/C13H20N4O/c1-10(2)13(3-5-14-6-4-13)17-12-15-7-11(9-18)8-16-12/h7-10,14H,3-6H2,1-2H3,(H,15,16,17). The van der Waals surface area contributed by atoms with E-state index >= 15 is 0 Å². The molecule has 5 heteroatoms. The number of aromatic nitrogens is 2. The average molecular weight is 248 g/mol. The van der Waals surface area contributed by atoms with Crippen LogP contribution < -0.4 is 10.6 Å². The molecular weight excluding hydrogens is 228 g/mol. The fourth-order valence-electron chi connectivity index (χ4n) is 2.41. The normalized spacial score (nSPS) is 18.6. The third kappa shape index (κ3) is 2.67. The number of carbonyl (C=O) groups excluding carboxylic acids is 1. The maximum atomic E-state index is 10.6. The van der Waals surface area contributed by atoms with Crippen LogP contribution in [0.1, 0.15) is 37.0 Å². The van der Waals surface area contributed by atoms with Crippen LogP contribution in [0.3, 0.4) is 0 Å². The van der Waals surface area contributed by atoms with E-state index in [0.29, 0.717) is 17.4 Å². The fraction of sp³-hybridized carbons (Fsp3) is 0.615. The molecule has 0 amide bonds. The summed E-state index contributed by atoms with van der Waals surface area (Å²) < 4.78 is 0. The van der Waals surface area contributed by atoms with Crippen LogP contribution >= 0.6 is 0 Å². The molecule has 1 aliphatic rings. The Morgan fingerprint density at radius 3 is 2.44 bits per heavy atom. The summed E-state index contributed by atoms with van der Waals surface area (Å²) in [6.45, 7) is 6.46. The quantitative estimate of drug-likeness (QED) is 0.790. The SMILES string of the molecule is CC(C)C1(Nc2ncc(C=O)cn2)CCNCC1. The number of carbonyl (C=O) groups is 1. The van der Waals surface area contributed by atoms with E-state index in [2.05, 4.69) is 34.4 Å². The van der Waals surface area contributed by atoms with Crippen molar-refractivity contribution in [3.63, 3.8) is 0 Å². The van der Waals surface area contributed by atoms with Gasteiger partial charge in [0, 0.05) is 17.9 Å². The Hall–Kier alpha value is -1.49. The molecular formula is C13H20N4O. The highest BCUT2D eigenvalue weighted by atomic mass is 16.1. The smallest absolute Gasteiger partial charge is 0.223 e. The van der Waals surface area contributed by atoms with Crippen molar-refractivity contribution in [1.82, 2.24) is 15.3 Å². The van der Waals surface area contributed by atoms with Crippen LogP contribution in [0.2, 0.25) is 0 Å². The highest BCUT2D eigenvalue weighted by Gasteiger charge is 2.35. The van der Waals surface area contributed by atoms with E-state index in [4.69, 9.17) is 0 Å². The molecule has 98 valence electrons. The lowest BCUT2D eigenvalue weighted by Gasteiger charge is -2.42. The molecule has 5 nitrogen and oxygen atoms in total. The minimum absolute atomic E-state index is 0.0495. The molecule has 2 N–H and O–H groups in total. The summed E-state index contributed by atoms with van der Waals surface area (Å²) in [6, 6.07) is 0. The highest BCUT2D eigenvalue weighted by Crippen LogP contribution is 2.30. The van der Waals surface area contributed by atoms with Crippen molar-refractivity contribution < 1.29 is 4.79 Å². The predicted octanol–water partition coefficient (Wildman–Crippen LogP) is 1.48. The summed E-state index contributed by atoms with van der Waals surface area (Å²) in [6.07, 6.45) is 5.98. The van der Waals surface area contributed by atoms with Gasteiger partial charge in [0.25, 0.3) is 0 Å². The van der Waals surface area contributed by atoms with E-state index < -0.39 is 0 Å². The molecule has 0 aromatic carbocycles. The van der Waals surface area contributed by atoms with Crippen molar-refractivity contribution in [2.24, 2.45) is 5.92 Å². The Balaban J connectivity index is 2.14. The van der Waals surface area contributed by atoms with Crippen molar-refractivity contribution in [3.05, 3.63) is 18.0 Å². The van der Waals surface area contributed by atoms with Crippen molar-refractivity contribution in [2.45, 2.75) is 32.2 Å². The first kappa shape index (κ1) is 13.0. The van der Waals surface area contributed by atoms with E-state index in [1.54, 1.807) is 12.4 Å². The molecule has 0 bridgehead atoms. The maximum Gasteiger partial charge on any atom is 0.223 e. The summed E-state index contributed by atoms with van der Waals surface area (Å²) in [5, 5.41) is 6.84. The zero-order valence-electron chi connectivity index (χ0n) is 10.9. The zero-order valence-corrected chi connectivity index (χ0v) is 10.9. The van der Waals surface area contributed by atoms with Gasteiger partial charge in [0.1, 0.15) is 0 Å². The van der Waals surface area contributed by atoms with Gasteiger partial charge in [-0.05, 0) is 31.8 Å². The number of hydrogen-bond acceptors (Lipinski definition) is 5. The van der Waals surface area contributed by atoms with Gasteiger partial charge in [-0.1, -0.05) is 13.8 Å². The number of nitrogens with zero attached hydrogens (tertiary/aromatic N) is 2. The van der Waals surface area contributed by atoms with Gasteiger partial charge in [-0.15, -0.1) is 0 Å².